The summed E-state index contributed by atoms with van der Waals surface area (Å²) in [5.41, 5.74) is 2.08. The Morgan fingerprint density at radius 2 is 1.86 bits per heavy atom. The molecule has 1 saturated heterocycles. The van der Waals surface area contributed by atoms with Crippen molar-refractivity contribution in [3.63, 3.8) is 0 Å². The van der Waals surface area contributed by atoms with E-state index in [-0.39, 0.29) is 5.69 Å². The van der Waals surface area contributed by atoms with Crippen LogP contribution >= 0.6 is 11.3 Å². The van der Waals surface area contributed by atoms with Crippen LogP contribution in [0.1, 0.15) is 5.56 Å². The number of anilines is 4. The molecule has 1 aliphatic heterocycles. The van der Waals surface area contributed by atoms with E-state index in [2.05, 4.69) is 30.1 Å². The fraction of sp³-hybridized carbons (Fsp3) is 0.280. The third-order valence-electron chi connectivity index (χ3n) is 6.12. The fourth-order valence-electron chi connectivity index (χ4n) is 4.17. The Hall–Kier alpha value is -3.54. The molecule has 1 aliphatic rings. The Kier molecular flexibility index (Phi) is 7.12. The van der Waals surface area contributed by atoms with Gasteiger partial charge < -0.3 is 15.0 Å². The molecule has 1 N–H and O–H groups in total. The van der Waals surface area contributed by atoms with E-state index in [0.717, 1.165) is 50.6 Å². The average molecular weight is 510 g/mol. The van der Waals surface area contributed by atoms with Crippen LogP contribution in [-0.2, 0) is 11.3 Å². The number of aromatic nitrogens is 3. The number of aldehydes is 1. The van der Waals surface area contributed by atoms with Crippen LogP contribution in [0.15, 0.2) is 48.7 Å². The van der Waals surface area contributed by atoms with Gasteiger partial charge >= 0.3 is 0 Å². The molecule has 186 valence electrons. The van der Waals surface area contributed by atoms with Gasteiger partial charge in [0.25, 0.3) is 0 Å². The summed E-state index contributed by atoms with van der Waals surface area (Å²) in [6, 6.07) is 11.0. The van der Waals surface area contributed by atoms with Crippen molar-refractivity contribution in [2.75, 3.05) is 50.0 Å². The molecule has 0 saturated carbocycles. The first-order valence-corrected chi connectivity index (χ1v) is 12.4. The molecule has 11 heteroatoms. The van der Waals surface area contributed by atoms with E-state index in [1.165, 1.54) is 23.5 Å². The summed E-state index contributed by atoms with van der Waals surface area (Å²) in [6.45, 7) is 4.91. The van der Waals surface area contributed by atoms with E-state index >= 15 is 0 Å². The van der Waals surface area contributed by atoms with Gasteiger partial charge in [0.05, 0.1) is 12.2 Å². The highest BCUT2D eigenvalue weighted by Gasteiger charge is 2.17. The number of hydrogen-bond donors (Lipinski definition) is 1. The summed E-state index contributed by atoms with van der Waals surface area (Å²) in [5.74, 6) is -0.0608. The minimum Gasteiger partial charge on any atom is -0.327 e. The first kappa shape index (κ1) is 24.2. The molecule has 1 fully saturated rings. The van der Waals surface area contributed by atoms with Gasteiger partial charge in [0.2, 0.25) is 0 Å². The monoisotopic (exact) mass is 509 g/mol. The second kappa shape index (κ2) is 10.6. The number of thiazole rings is 1. The van der Waals surface area contributed by atoms with Gasteiger partial charge in [-0.1, -0.05) is 11.3 Å². The third kappa shape index (κ3) is 5.48. The number of piperazine rings is 1. The van der Waals surface area contributed by atoms with Gasteiger partial charge in [0.1, 0.15) is 39.9 Å². The maximum atomic E-state index is 14.2. The van der Waals surface area contributed by atoms with Crippen LogP contribution in [0.3, 0.4) is 0 Å². The molecule has 4 heterocycles. The van der Waals surface area contributed by atoms with E-state index in [1.807, 2.05) is 18.2 Å². The molecule has 0 unspecified atom stereocenters. The molecule has 0 atom stereocenters. The molecule has 0 amide bonds. The van der Waals surface area contributed by atoms with Gasteiger partial charge in [-0.25, -0.2) is 23.7 Å². The van der Waals surface area contributed by atoms with E-state index in [9.17, 15) is 13.6 Å². The van der Waals surface area contributed by atoms with Crippen LogP contribution in [0.25, 0.3) is 10.3 Å². The molecule has 5 rings (SSSR count). The summed E-state index contributed by atoms with van der Waals surface area (Å²) in [7, 11) is 1.68. The Labute approximate surface area is 211 Å². The van der Waals surface area contributed by atoms with Crippen molar-refractivity contribution in [2.45, 2.75) is 6.54 Å². The summed E-state index contributed by atoms with van der Waals surface area (Å²) >= 11 is 1.37. The van der Waals surface area contributed by atoms with E-state index in [1.54, 1.807) is 24.2 Å². The predicted molar refractivity (Wildman–Crippen MR) is 137 cm³/mol. The lowest BCUT2D eigenvalue weighted by Crippen LogP contribution is -2.46. The Bertz CT molecular complexity index is 1370. The number of fused-ring (bicyclic) bond motifs is 1. The van der Waals surface area contributed by atoms with Crippen LogP contribution in [0.4, 0.5) is 31.2 Å². The molecule has 36 heavy (non-hydrogen) atoms. The van der Waals surface area contributed by atoms with E-state index < -0.39 is 11.6 Å². The Morgan fingerprint density at radius 3 is 2.64 bits per heavy atom. The van der Waals surface area contributed by atoms with Gasteiger partial charge in [0, 0.05) is 52.0 Å². The average Bonchev–Trinajstić information content (AvgIpc) is 3.27. The maximum absolute atomic E-state index is 14.2. The zero-order valence-electron chi connectivity index (χ0n) is 19.7. The van der Waals surface area contributed by atoms with Crippen molar-refractivity contribution in [2.24, 2.45) is 0 Å². The summed E-state index contributed by atoms with van der Waals surface area (Å²) < 4.78 is 27.5. The molecule has 4 aromatic rings. The maximum Gasteiger partial charge on any atom is 0.190 e. The number of hydrogen-bond acceptors (Lipinski definition) is 9. The predicted octanol–water partition coefficient (Wildman–Crippen LogP) is 4.19. The first-order chi connectivity index (χ1) is 17.5. The lowest BCUT2D eigenvalue weighted by atomic mass is 10.2. The molecule has 8 nitrogen and oxygen atoms in total. The van der Waals surface area contributed by atoms with Gasteiger partial charge in [-0.2, -0.15) is 0 Å². The van der Waals surface area contributed by atoms with Crippen molar-refractivity contribution < 1.29 is 13.6 Å². The van der Waals surface area contributed by atoms with Crippen LogP contribution < -0.4 is 10.2 Å². The van der Waals surface area contributed by atoms with E-state index in [4.69, 9.17) is 0 Å². The highest BCUT2D eigenvalue weighted by Crippen LogP contribution is 2.31. The zero-order chi connectivity index (χ0) is 25.1. The molecule has 0 radical (unpaired) electrons. The van der Waals surface area contributed by atoms with Gasteiger partial charge in [0.15, 0.2) is 5.13 Å². The van der Waals surface area contributed by atoms with E-state index in [0.29, 0.717) is 33.7 Å². The molecule has 0 aliphatic carbocycles. The Balaban J connectivity index is 1.27. The number of carbonyl (C=O) groups is 1. The topological polar surface area (TPSA) is 77.5 Å². The molecule has 1 aromatic carbocycles. The van der Waals surface area contributed by atoms with Crippen LogP contribution in [-0.4, -0.2) is 70.8 Å². The molecular formula is C25H25F2N7OS. The zero-order valence-corrected chi connectivity index (χ0v) is 20.5. The molecule has 3 aromatic heterocycles. The Morgan fingerprint density at radius 1 is 1.06 bits per heavy atom. The number of rotatable bonds is 8. The van der Waals surface area contributed by atoms with Crippen molar-refractivity contribution in [1.29, 1.82) is 0 Å². The number of carbonyl (C=O) groups excluding carboxylic acids is 1. The summed E-state index contributed by atoms with van der Waals surface area (Å²) in [5, 5.41) is 3.92. The number of nitrogens with one attached hydrogen (secondary N) is 1. The van der Waals surface area contributed by atoms with Gasteiger partial charge in [-0.05, 0) is 42.0 Å². The molecule has 0 spiro atoms. The first-order valence-electron chi connectivity index (χ1n) is 11.5. The summed E-state index contributed by atoms with van der Waals surface area (Å²) in [6.07, 6.45) is 2.73. The fourth-order valence-corrected chi connectivity index (χ4v) is 5.01. The quantitative estimate of drug-likeness (QED) is 0.355. The second-order valence-corrected chi connectivity index (χ2v) is 9.56. The summed E-state index contributed by atoms with van der Waals surface area (Å²) in [4.78, 5) is 31.1. The number of halogens is 2. The second-order valence-electron chi connectivity index (χ2n) is 8.59. The van der Waals surface area contributed by atoms with Gasteiger partial charge in [-0.3, -0.25) is 9.80 Å². The minimum atomic E-state index is -0.653. The van der Waals surface area contributed by atoms with Gasteiger partial charge in [-0.15, -0.1) is 0 Å². The van der Waals surface area contributed by atoms with Crippen LogP contribution in [0.2, 0.25) is 0 Å². The molecule has 0 bridgehead atoms. The van der Waals surface area contributed by atoms with Crippen LogP contribution in [0, 0.1) is 11.6 Å². The third-order valence-corrected chi connectivity index (χ3v) is 7.00. The highest BCUT2D eigenvalue weighted by molar-refractivity contribution is 7.21. The number of pyridine rings is 2. The van der Waals surface area contributed by atoms with Crippen molar-refractivity contribution >= 4 is 50.4 Å². The van der Waals surface area contributed by atoms with Crippen molar-refractivity contribution in [3.05, 3.63) is 65.9 Å². The van der Waals surface area contributed by atoms with Crippen LogP contribution in [0.5, 0.6) is 0 Å². The SMILES string of the molecule is CN(c1ccc2nc(Nc3cc(CN4CCN(CC=O)CC4)ccn3)sc2n1)c1ccc(F)cc1F. The lowest BCUT2D eigenvalue weighted by Gasteiger charge is -2.33. The smallest absolute Gasteiger partial charge is 0.190 e. The standard InChI is InChI=1S/C25H25F2N7OS/c1-32(21-4-2-18(26)15-19(21)27)23-5-3-20-24(31-23)36-25(29-20)30-22-14-17(6-7-28-22)16-34-10-8-33(9-11-34)12-13-35/h2-7,13-15H,8-12,16H2,1H3,(H,28,29,30). The minimum absolute atomic E-state index is 0.234. The number of benzene rings is 1. The number of nitrogens with zero attached hydrogens (tertiary/aromatic N) is 6. The van der Waals surface area contributed by atoms with Crippen molar-refractivity contribution in [1.82, 2.24) is 24.8 Å². The normalized spacial score (nSPS) is 14.8. The lowest BCUT2D eigenvalue weighted by molar-refractivity contribution is -0.109. The van der Waals surface area contributed by atoms with Crippen molar-refractivity contribution in [3.8, 4) is 0 Å². The molecular weight excluding hydrogens is 484 g/mol. The largest absolute Gasteiger partial charge is 0.327 e. The highest BCUT2D eigenvalue weighted by atomic mass is 32.1.